The number of hydrogen-bond donors (Lipinski definition) is 2. The van der Waals surface area contributed by atoms with Crippen molar-refractivity contribution < 1.29 is 28.6 Å². The molecule has 1 aliphatic heterocycles. The van der Waals surface area contributed by atoms with Crippen molar-refractivity contribution in [3.05, 3.63) is 69.4 Å². The Kier molecular flexibility index (Phi) is 6.02. The van der Waals surface area contributed by atoms with Gasteiger partial charge in [-0.15, -0.1) is 0 Å². The lowest BCUT2D eigenvalue weighted by Gasteiger charge is -2.36. The number of Topliss-reactive ketones (excluding diaryl/α,β-unsaturated/α-hetero) is 1. The molecule has 0 fully saturated rings. The smallest absolute Gasteiger partial charge is 0.336 e. The van der Waals surface area contributed by atoms with Gasteiger partial charge in [0.15, 0.2) is 17.3 Å². The van der Waals surface area contributed by atoms with Crippen LogP contribution in [0.4, 0.5) is 0 Å². The van der Waals surface area contributed by atoms with E-state index in [4.69, 9.17) is 25.5 Å². The molecule has 168 valence electrons. The molecule has 4 rings (SSSR count). The zero-order valence-corrected chi connectivity index (χ0v) is 18.8. The Morgan fingerprint density at radius 1 is 1.34 bits per heavy atom. The van der Waals surface area contributed by atoms with Crippen molar-refractivity contribution in [3.8, 4) is 11.5 Å². The van der Waals surface area contributed by atoms with Gasteiger partial charge in [-0.25, -0.2) is 4.79 Å². The van der Waals surface area contributed by atoms with Crippen LogP contribution in [0.3, 0.4) is 0 Å². The SMILES string of the molecule is CCOC(=O)C1=C(C)NC2=C(C(=O)C[C@H](c3ccco3)C2)[C@@H]1c1cc(Cl)c(O)c(OC)c1. The number of allylic oxidation sites excluding steroid dienone is 3. The van der Waals surface area contributed by atoms with Gasteiger partial charge in [-0.1, -0.05) is 11.6 Å². The molecule has 32 heavy (non-hydrogen) atoms. The first-order chi connectivity index (χ1) is 15.3. The summed E-state index contributed by atoms with van der Waals surface area (Å²) in [6, 6.07) is 6.81. The number of halogens is 1. The number of dihydropyridines is 1. The summed E-state index contributed by atoms with van der Waals surface area (Å²) in [5.74, 6) is -0.712. The maximum Gasteiger partial charge on any atom is 0.336 e. The molecular formula is C24H24ClNO6. The summed E-state index contributed by atoms with van der Waals surface area (Å²) in [6.45, 7) is 3.70. The van der Waals surface area contributed by atoms with Crippen LogP contribution in [-0.2, 0) is 14.3 Å². The van der Waals surface area contributed by atoms with Gasteiger partial charge < -0.3 is 24.3 Å². The van der Waals surface area contributed by atoms with E-state index in [9.17, 15) is 14.7 Å². The Morgan fingerprint density at radius 2 is 2.12 bits per heavy atom. The third-order valence-electron chi connectivity index (χ3n) is 5.87. The summed E-state index contributed by atoms with van der Waals surface area (Å²) >= 11 is 6.25. The van der Waals surface area contributed by atoms with Crippen molar-refractivity contribution in [2.45, 2.75) is 38.5 Å². The lowest BCUT2D eigenvalue weighted by molar-refractivity contribution is -0.138. The number of carbonyl (C=O) groups is 2. The first-order valence-electron chi connectivity index (χ1n) is 10.4. The molecule has 1 aromatic heterocycles. The predicted molar refractivity (Wildman–Crippen MR) is 118 cm³/mol. The highest BCUT2D eigenvalue weighted by molar-refractivity contribution is 6.32. The maximum atomic E-state index is 13.4. The minimum atomic E-state index is -0.706. The second-order valence-corrected chi connectivity index (χ2v) is 8.21. The average molecular weight is 458 g/mol. The number of nitrogens with one attached hydrogen (secondary N) is 1. The Labute approximate surface area is 190 Å². The van der Waals surface area contributed by atoms with Crippen LogP contribution >= 0.6 is 11.6 Å². The van der Waals surface area contributed by atoms with Crippen LogP contribution in [0.5, 0.6) is 11.5 Å². The third kappa shape index (κ3) is 3.77. The van der Waals surface area contributed by atoms with Gasteiger partial charge in [0.2, 0.25) is 0 Å². The van der Waals surface area contributed by atoms with Crippen molar-refractivity contribution >= 4 is 23.4 Å². The molecule has 7 nitrogen and oxygen atoms in total. The van der Waals surface area contributed by atoms with E-state index in [0.717, 1.165) is 11.5 Å². The van der Waals surface area contributed by atoms with Gasteiger partial charge in [0.05, 0.1) is 30.6 Å². The number of rotatable bonds is 5. The molecular weight excluding hydrogens is 434 g/mol. The number of ether oxygens (including phenoxy) is 2. The number of phenols is 1. The van der Waals surface area contributed by atoms with E-state index >= 15 is 0 Å². The zero-order valence-electron chi connectivity index (χ0n) is 18.0. The standard InChI is InChI=1S/C24H24ClNO6/c1-4-31-24(29)20-12(2)26-16-9-13(18-6-5-7-32-18)10-17(27)22(16)21(20)14-8-15(25)23(28)19(11-14)30-3/h5-8,11,13,21,26,28H,4,9-10H2,1-3H3/t13-,21-/m1/s1. The van der Waals surface area contributed by atoms with Crippen LogP contribution in [0, 0.1) is 0 Å². The van der Waals surface area contributed by atoms with Crippen molar-refractivity contribution in [1.29, 1.82) is 0 Å². The van der Waals surface area contributed by atoms with Crippen LogP contribution in [0.25, 0.3) is 0 Å². The molecule has 0 unspecified atom stereocenters. The van der Waals surface area contributed by atoms with Gasteiger partial charge in [0, 0.05) is 35.2 Å². The fraction of sp³-hybridized carbons (Fsp3) is 0.333. The molecule has 0 radical (unpaired) electrons. The fourth-order valence-corrected chi connectivity index (χ4v) is 4.71. The molecule has 2 heterocycles. The van der Waals surface area contributed by atoms with Crippen LogP contribution < -0.4 is 10.1 Å². The minimum Gasteiger partial charge on any atom is -0.503 e. The number of esters is 1. The number of hydrogen-bond acceptors (Lipinski definition) is 7. The number of furan rings is 1. The van der Waals surface area contributed by atoms with E-state index in [2.05, 4.69) is 5.32 Å². The van der Waals surface area contributed by atoms with E-state index in [0.29, 0.717) is 28.8 Å². The van der Waals surface area contributed by atoms with Crippen molar-refractivity contribution in [3.63, 3.8) is 0 Å². The van der Waals surface area contributed by atoms with Crippen molar-refractivity contribution in [2.24, 2.45) is 0 Å². The number of aromatic hydroxyl groups is 1. The molecule has 0 spiro atoms. The first-order valence-corrected chi connectivity index (χ1v) is 10.7. The summed E-state index contributed by atoms with van der Waals surface area (Å²) in [7, 11) is 1.41. The van der Waals surface area contributed by atoms with Gasteiger partial charge in [-0.3, -0.25) is 4.79 Å². The average Bonchev–Trinajstić information content (AvgIpc) is 3.29. The van der Waals surface area contributed by atoms with Gasteiger partial charge >= 0.3 is 5.97 Å². The highest BCUT2D eigenvalue weighted by Crippen LogP contribution is 2.48. The molecule has 2 N–H and O–H groups in total. The summed E-state index contributed by atoms with van der Waals surface area (Å²) in [6.07, 6.45) is 2.40. The largest absolute Gasteiger partial charge is 0.503 e. The van der Waals surface area contributed by atoms with Crippen LogP contribution in [0.2, 0.25) is 5.02 Å². The van der Waals surface area contributed by atoms with Gasteiger partial charge in [0.25, 0.3) is 0 Å². The molecule has 0 amide bonds. The van der Waals surface area contributed by atoms with E-state index in [1.807, 2.05) is 6.07 Å². The number of carbonyl (C=O) groups excluding carboxylic acids is 2. The van der Waals surface area contributed by atoms with Crippen LogP contribution in [0.1, 0.15) is 49.8 Å². The Hall–Kier alpha value is -3.19. The normalized spacial score (nSPS) is 20.7. The molecule has 2 aliphatic rings. The van der Waals surface area contributed by atoms with E-state index < -0.39 is 11.9 Å². The third-order valence-corrected chi connectivity index (χ3v) is 6.16. The second-order valence-electron chi connectivity index (χ2n) is 7.81. The summed E-state index contributed by atoms with van der Waals surface area (Å²) in [5, 5.41) is 13.5. The molecule has 0 saturated heterocycles. The fourth-order valence-electron chi connectivity index (χ4n) is 4.49. The van der Waals surface area contributed by atoms with Gasteiger partial charge in [-0.05, 0) is 50.1 Å². The van der Waals surface area contributed by atoms with Gasteiger partial charge in [0.1, 0.15) is 5.76 Å². The Bertz CT molecular complexity index is 1130. The summed E-state index contributed by atoms with van der Waals surface area (Å²) < 4.78 is 16.1. The second kappa shape index (κ2) is 8.74. The van der Waals surface area contributed by atoms with Crippen LogP contribution in [-0.4, -0.2) is 30.6 Å². The van der Waals surface area contributed by atoms with E-state index in [-0.39, 0.29) is 41.3 Å². The number of ketones is 1. The molecule has 1 aromatic carbocycles. The first kappa shape index (κ1) is 22.0. The Balaban J connectivity index is 1.87. The summed E-state index contributed by atoms with van der Waals surface area (Å²) in [5.41, 5.74) is 2.72. The summed E-state index contributed by atoms with van der Waals surface area (Å²) in [4.78, 5) is 26.4. The highest BCUT2D eigenvalue weighted by atomic mass is 35.5. The molecule has 0 bridgehead atoms. The maximum absolute atomic E-state index is 13.4. The molecule has 2 aromatic rings. The van der Waals surface area contributed by atoms with Crippen molar-refractivity contribution in [2.75, 3.05) is 13.7 Å². The highest BCUT2D eigenvalue weighted by Gasteiger charge is 2.42. The quantitative estimate of drug-likeness (QED) is 0.634. The lowest BCUT2D eigenvalue weighted by atomic mass is 9.72. The predicted octanol–water partition coefficient (Wildman–Crippen LogP) is 4.57. The zero-order chi connectivity index (χ0) is 23.0. The topological polar surface area (TPSA) is 98.0 Å². The molecule has 2 atom stereocenters. The monoisotopic (exact) mass is 457 g/mol. The van der Waals surface area contributed by atoms with Crippen molar-refractivity contribution in [1.82, 2.24) is 5.32 Å². The molecule has 1 aliphatic carbocycles. The van der Waals surface area contributed by atoms with E-state index in [1.165, 1.54) is 7.11 Å². The van der Waals surface area contributed by atoms with Gasteiger partial charge in [-0.2, -0.15) is 0 Å². The molecule has 8 heteroatoms. The number of phenolic OH excluding ortho intramolecular Hbond substituents is 1. The number of methoxy groups -OCH3 is 1. The van der Waals surface area contributed by atoms with E-state index in [1.54, 1.807) is 38.3 Å². The minimum absolute atomic E-state index is 0.0672. The van der Waals surface area contributed by atoms with Crippen LogP contribution in [0.15, 0.2) is 57.5 Å². The Morgan fingerprint density at radius 3 is 2.78 bits per heavy atom. The lowest BCUT2D eigenvalue weighted by Crippen LogP contribution is -2.36. The number of benzene rings is 1. The molecule has 0 saturated carbocycles.